The van der Waals surface area contributed by atoms with Crippen molar-refractivity contribution >= 4 is 5.97 Å². The summed E-state index contributed by atoms with van der Waals surface area (Å²) in [5, 5.41) is 13.1. The van der Waals surface area contributed by atoms with Crippen LogP contribution in [0.3, 0.4) is 0 Å². The second-order valence-electron chi connectivity index (χ2n) is 5.41. The zero-order chi connectivity index (χ0) is 14.9. The van der Waals surface area contributed by atoms with Crippen molar-refractivity contribution in [3.8, 4) is 5.69 Å². The third kappa shape index (κ3) is 2.71. The Morgan fingerprint density at radius 3 is 2.15 bits per heavy atom. The Morgan fingerprint density at radius 2 is 1.70 bits per heavy atom. The minimum Gasteiger partial charge on any atom is -0.475 e. The van der Waals surface area contributed by atoms with E-state index in [4.69, 9.17) is 5.11 Å². The number of hydrogen-bond acceptors (Lipinski definition) is 3. The SMILES string of the molecule is CC(C)c1ccc(-n2nc(C(=O)O)nc2C(C)C)cc1. The van der Waals surface area contributed by atoms with Gasteiger partial charge in [-0.3, -0.25) is 0 Å². The Kier molecular flexibility index (Phi) is 3.88. The van der Waals surface area contributed by atoms with Crippen molar-refractivity contribution in [2.45, 2.75) is 39.5 Å². The van der Waals surface area contributed by atoms with Crippen LogP contribution < -0.4 is 0 Å². The van der Waals surface area contributed by atoms with Crippen LogP contribution >= 0.6 is 0 Å². The predicted molar refractivity (Wildman–Crippen MR) is 76.5 cm³/mol. The van der Waals surface area contributed by atoms with Gasteiger partial charge >= 0.3 is 5.97 Å². The number of hydrogen-bond donors (Lipinski definition) is 1. The fraction of sp³-hybridized carbons (Fsp3) is 0.400. The second-order valence-corrected chi connectivity index (χ2v) is 5.41. The molecule has 5 heteroatoms. The molecule has 2 aromatic rings. The van der Waals surface area contributed by atoms with E-state index in [9.17, 15) is 4.79 Å². The van der Waals surface area contributed by atoms with Crippen LogP contribution in [-0.4, -0.2) is 25.8 Å². The summed E-state index contributed by atoms with van der Waals surface area (Å²) in [5.41, 5.74) is 2.07. The van der Waals surface area contributed by atoms with Gasteiger partial charge in [0.2, 0.25) is 0 Å². The number of carboxylic acid groups (broad SMARTS) is 1. The first-order valence-corrected chi connectivity index (χ1v) is 6.70. The molecule has 0 aliphatic heterocycles. The third-order valence-corrected chi connectivity index (χ3v) is 3.14. The van der Waals surface area contributed by atoms with Crippen molar-refractivity contribution in [2.75, 3.05) is 0 Å². The average Bonchev–Trinajstić information content (AvgIpc) is 2.84. The lowest BCUT2D eigenvalue weighted by molar-refractivity contribution is 0.0683. The van der Waals surface area contributed by atoms with E-state index in [2.05, 4.69) is 23.9 Å². The van der Waals surface area contributed by atoms with E-state index in [0.29, 0.717) is 11.7 Å². The maximum atomic E-state index is 11.0. The topological polar surface area (TPSA) is 68.0 Å². The molecule has 1 aromatic heterocycles. The van der Waals surface area contributed by atoms with E-state index < -0.39 is 5.97 Å². The molecule has 0 saturated carbocycles. The van der Waals surface area contributed by atoms with Gasteiger partial charge in [-0.2, -0.15) is 0 Å². The Bertz CT molecular complexity index is 613. The van der Waals surface area contributed by atoms with Gasteiger partial charge in [-0.1, -0.05) is 39.8 Å². The van der Waals surface area contributed by atoms with Crippen LogP contribution in [0.25, 0.3) is 5.69 Å². The van der Waals surface area contributed by atoms with Crippen LogP contribution in [0.2, 0.25) is 0 Å². The zero-order valence-electron chi connectivity index (χ0n) is 12.2. The zero-order valence-corrected chi connectivity index (χ0v) is 12.2. The maximum Gasteiger partial charge on any atom is 0.375 e. The molecule has 1 aromatic carbocycles. The molecule has 1 N–H and O–H groups in total. The van der Waals surface area contributed by atoms with Gasteiger partial charge in [0.25, 0.3) is 5.82 Å². The summed E-state index contributed by atoms with van der Waals surface area (Å²) in [6, 6.07) is 7.96. The molecule has 0 atom stereocenters. The highest BCUT2D eigenvalue weighted by atomic mass is 16.4. The lowest BCUT2D eigenvalue weighted by atomic mass is 10.0. The first kappa shape index (κ1) is 14.2. The van der Waals surface area contributed by atoms with E-state index in [0.717, 1.165) is 5.69 Å². The first-order chi connectivity index (χ1) is 9.40. The predicted octanol–water partition coefficient (Wildman–Crippen LogP) is 3.21. The molecular weight excluding hydrogens is 254 g/mol. The fourth-order valence-electron chi connectivity index (χ4n) is 1.98. The van der Waals surface area contributed by atoms with Crippen LogP contribution in [0.4, 0.5) is 0 Å². The van der Waals surface area contributed by atoms with E-state index in [-0.39, 0.29) is 11.7 Å². The smallest absolute Gasteiger partial charge is 0.375 e. The molecule has 0 radical (unpaired) electrons. The van der Waals surface area contributed by atoms with Crippen molar-refractivity contribution < 1.29 is 9.90 Å². The standard InChI is InChI=1S/C15H19N3O2/c1-9(2)11-5-7-12(8-6-11)18-14(10(3)4)16-13(17-18)15(19)20/h5-10H,1-4H3,(H,19,20). The summed E-state index contributed by atoms with van der Waals surface area (Å²) in [6.45, 7) is 8.20. The Hall–Kier alpha value is -2.17. The summed E-state index contributed by atoms with van der Waals surface area (Å²) in [5.74, 6) is -0.0647. The van der Waals surface area contributed by atoms with Crippen molar-refractivity contribution in [2.24, 2.45) is 0 Å². The molecule has 0 fully saturated rings. The van der Waals surface area contributed by atoms with Crippen molar-refractivity contribution in [1.29, 1.82) is 0 Å². The number of benzene rings is 1. The Balaban J connectivity index is 2.47. The van der Waals surface area contributed by atoms with E-state index in [1.807, 2.05) is 38.1 Å². The van der Waals surface area contributed by atoms with Crippen molar-refractivity contribution in [3.05, 3.63) is 41.5 Å². The molecule has 0 aliphatic carbocycles. The molecule has 2 rings (SSSR count). The van der Waals surface area contributed by atoms with Gasteiger partial charge in [-0.25, -0.2) is 14.5 Å². The van der Waals surface area contributed by atoms with Crippen LogP contribution in [0.1, 0.15) is 61.5 Å². The fourth-order valence-corrected chi connectivity index (χ4v) is 1.98. The largest absolute Gasteiger partial charge is 0.475 e. The highest BCUT2D eigenvalue weighted by molar-refractivity contribution is 5.83. The van der Waals surface area contributed by atoms with Crippen molar-refractivity contribution in [1.82, 2.24) is 14.8 Å². The molecule has 5 nitrogen and oxygen atoms in total. The van der Waals surface area contributed by atoms with Gasteiger partial charge in [0.05, 0.1) is 5.69 Å². The highest BCUT2D eigenvalue weighted by Crippen LogP contribution is 2.20. The first-order valence-electron chi connectivity index (χ1n) is 6.70. The lowest BCUT2D eigenvalue weighted by Gasteiger charge is -2.10. The molecule has 0 spiro atoms. The molecule has 106 valence electrons. The van der Waals surface area contributed by atoms with Gasteiger partial charge in [0.1, 0.15) is 5.82 Å². The minimum atomic E-state index is -1.11. The molecule has 0 bridgehead atoms. The Morgan fingerprint density at radius 1 is 1.10 bits per heavy atom. The molecule has 1 heterocycles. The number of carboxylic acids is 1. The summed E-state index contributed by atoms with van der Waals surface area (Å²) in [6.07, 6.45) is 0. The number of aromatic carboxylic acids is 1. The molecule has 0 aliphatic rings. The molecule has 0 saturated heterocycles. The van der Waals surface area contributed by atoms with Gasteiger partial charge < -0.3 is 5.11 Å². The average molecular weight is 273 g/mol. The van der Waals surface area contributed by atoms with Crippen molar-refractivity contribution in [3.63, 3.8) is 0 Å². The van der Waals surface area contributed by atoms with E-state index >= 15 is 0 Å². The third-order valence-electron chi connectivity index (χ3n) is 3.14. The highest BCUT2D eigenvalue weighted by Gasteiger charge is 2.18. The quantitative estimate of drug-likeness (QED) is 0.928. The number of aromatic nitrogens is 3. The van der Waals surface area contributed by atoms with E-state index in [1.165, 1.54) is 5.56 Å². The molecule has 20 heavy (non-hydrogen) atoms. The Labute approximate surface area is 118 Å². The van der Waals surface area contributed by atoms with Crippen LogP contribution in [0.5, 0.6) is 0 Å². The normalized spacial score (nSPS) is 11.3. The summed E-state index contributed by atoms with van der Waals surface area (Å²) in [4.78, 5) is 15.1. The maximum absolute atomic E-state index is 11.0. The van der Waals surface area contributed by atoms with Crippen LogP contribution in [0, 0.1) is 0 Å². The number of rotatable bonds is 4. The molecule has 0 amide bonds. The van der Waals surface area contributed by atoms with Gasteiger partial charge in [-0.05, 0) is 23.6 Å². The number of carbonyl (C=O) groups is 1. The summed E-state index contributed by atoms with van der Waals surface area (Å²) >= 11 is 0. The summed E-state index contributed by atoms with van der Waals surface area (Å²) in [7, 11) is 0. The van der Waals surface area contributed by atoms with E-state index in [1.54, 1.807) is 4.68 Å². The van der Waals surface area contributed by atoms with Crippen LogP contribution in [-0.2, 0) is 0 Å². The van der Waals surface area contributed by atoms with Gasteiger partial charge in [0, 0.05) is 5.92 Å². The van der Waals surface area contributed by atoms with Gasteiger partial charge in [-0.15, -0.1) is 5.10 Å². The van der Waals surface area contributed by atoms with Crippen LogP contribution in [0.15, 0.2) is 24.3 Å². The minimum absolute atomic E-state index is 0.0976. The summed E-state index contributed by atoms with van der Waals surface area (Å²) < 4.78 is 1.61. The molecule has 0 unspecified atom stereocenters. The van der Waals surface area contributed by atoms with Gasteiger partial charge in [0.15, 0.2) is 0 Å². The second kappa shape index (κ2) is 5.45. The number of nitrogens with zero attached hydrogens (tertiary/aromatic N) is 3. The lowest BCUT2D eigenvalue weighted by Crippen LogP contribution is -2.05. The monoisotopic (exact) mass is 273 g/mol. The molecular formula is C15H19N3O2.